The lowest BCUT2D eigenvalue weighted by molar-refractivity contribution is -0.261. The standard InChI is InChI=1S/C21H26N2O8/c1-2-3-4-5-12-22-21(29)23-13-6-8-14(9-7-13)30-20-19(28)18(27)17(26)15(31-20)10-11-16(24)25/h1,6-11,15,17-20,26-28H,3-5,12H2,(H,24,25)(H2,22,23,29)/b11-10+/t15-,17-,18+,19+,20+/m1/s1. The summed E-state index contributed by atoms with van der Waals surface area (Å²) >= 11 is 0. The van der Waals surface area contributed by atoms with Crippen LogP contribution in [0.1, 0.15) is 19.3 Å². The van der Waals surface area contributed by atoms with Crippen molar-refractivity contribution >= 4 is 17.7 Å². The van der Waals surface area contributed by atoms with Crippen molar-refractivity contribution < 1.29 is 39.5 Å². The molecule has 0 radical (unpaired) electrons. The molecular formula is C21H26N2O8. The monoisotopic (exact) mass is 434 g/mol. The van der Waals surface area contributed by atoms with Crippen molar-refractivity contribution in [1.29, 1.82) is 0 Å². The first kappa shape index (κ1) is 24.2. The smallest absolute Gasteiger partial charge is 0.328 e. The molecule has 1 heterocycles. The quantitative estimate of drug-likeness (QED) is 0.186. The van der Waals surface area contributed by atoms with Crippen LogP contribution < -0.4 is 15.4 Å². The number of amides is 2. The van der Waals surface area contributed by atoms with Crippen LogP contribution in [0.3, 0.4) is 0 Å². The SMILES string of the molecule is C#CCCCCNC(=O)Nc1ccc(O[C@H]2O[C@H](/C=C/C(=O)O)[C@@H](O)[C@H](O)[C@@H]2O)cc1. The van der Waals surface area contributed by atoms with Gasteiger partial charge in [0.25, 0.3) is 0 Å². The molecule has 0 spiro atoms. The number of carbonyl (C=O) groups is 2. The molecule has 1 aromatic rings. The van der Waals surface area contributed by atoms with Crippen LogP contribution in [0.25, 0.3) is 0 Å². The van der Waals surface area contributed by atoms with Crippen LogP contribution >= 0.6 is 0 Å². The molecule has 31 heavy (non-hydrogen) atoms. The first-order valence-corrected chi connectivity index (χ1v) is 9.67. The Hall–Kier alpha value is -3.10. The van der Waals surface area contributed by atoms with Crippen LogP contribution in [-0.4, -0.2) is 69.7 Å². The molecule has 0 saturated carbocycles. The number of aliphatic hydroxyl groups excluding tert-OH is 3. The van der Waals surface area contributed by atoms with Crippen LogP contribution in [0.15, 0.2) is 36.4 Å². The van der Waals surface area contributed by atoms with E-state index in [1.54, 1.807) is 12.1 Å². The highest BCUT2D eigenvalue weighted by atomic mass is 16.7. The summed E-state index contributed by atoms with van der Waals surface area (Å²) in [6, 6.07) is 5.78. The fraction of sp³-hybridized carbons (Fsp3) is 0.429. The number of urea groups is 1. The first-order chi connectivity index (χ1) is 14.8. The minimum atomic E-state index is -1.60. The van der Waals surface area contributed by atoms with E-state index in [0.29, 0.717) is 18.7 Å². The lowest BCUT2D eigenvalue weighted by Crippen LogP contribution is -2.58. The number of hydrogen-bond donors (Lipinski definition) is 6. The van der Waals surface area contributed by atoms with Gasteiger partial charge in [0.1, 0.15) is 30.2 Å². The third-order valence-electron chi connectivity index (χ3n) is 4.43. The Labute approximate surface area is 179 Å². The van der Waals surface area contributed by atoms with Gasteiger partial charge in [-0.05, 0) is 43.2 Å². The van der Waals surface area contributed by atoms with Crippen LogP contribution in [0, 0.1) is 12.3 Å². The number of carboxylic acid groups (broad SMARTS) is 1. The predicted molar refractivity (Wildman–Crippen MR) is 110 cm³/mol. The van der Waals surface area contributed by atoms with Crippen molar-refractivity contribution in [3.63, 3.8) is 0 Å². The number of nitrogens with one attached hydrogen (secondary N) is 2. The van der Waals surface area contributed by atoms with E-state index in [1.807, 2.05) is 0 Å². The zero-order valence-corrected chi connectivity index (χ0v) is 16.7. The zero-order chi connectivity index (χ0) is 22.8. The number of hydrogen-bond acceptors (Lipinski definition) is 7. The molecule has 0 bridgehead atoms. The van der Waals surface area contributed by atoms with E-state index in [1.165, 1.54) is 12.1 Å². The number of benzene rings is 1. The molecular weight excluding hydrogens is 408 g/mol. The topological polar surface area (TPSA) is 158 Å². The van der Waals surface area contributed by atoms with Crippen LogP contribution in [0.5, 0.6) is 5.75 Å². The second-order valence-electron chi connectivity index (χ2n) is 6.82. The second-order valence-corrected chi connectivity index (χ2v) is 6.82. The summed E-state index contributed by atoms with van der Waals surface area (Å²) in [5.74, 6) is 1.53. The largest absolute Gasteiger partial charge is 0.478 e. The first-order valence-electron chi connectivity index (χ1n) is 9.67. The number of unbranched alkanes of at least 4 members (excludes halogenated alkanes) is 2. The Morgan fingerprint density at radius 3 is 2.48 bits per heavy atom. The van der Waals surface area contributed by atoms with Gasteiger partial charge in [-0.25, -0.2) is 9.59 Å². The molecule has 10 nitrogen and oxygen atoms in total. The number of ether oxygens (including phenoxy) is 2. The number of rotatable bonds is 9. The summed E-state index contributed by atoms with van der Waals surface area (Å²) in [5.41, 5.74) is 0.497. The Morgan fingerprint density at radius 2 is 1.84 bits per heavy atom. The van der Waals surface area contributed by atoms with Crippen LogP contribution in [-0.2, 0) is 9.53 Å². The van der Waals surface area contributed by atoms with E-state index >= 15 is 0 Å². The Balaban J connectivity index is 1.90. The molecule has 1 aliphatic rings. The molecule has 1 saturated heterocycles. The molecule has 168 valence electrons. The van der Waals surface area contributed by atoms with Gasteiger partial charge in [-0.15, -0.1) is 12.3 Å². The van der Waals surface area contributed by atoms with Crippen molar-refractivity contribution in [2.75, 3.05) is 11.9 Å². The molecule has 2 rings (SSSR count). The molecule has 1 aliphatic heterocycles. The molecule has 1 aromatic carbocycles. The van der Waals surface area contributed by atoms with Crippen molar-refractivity contribution in [1.82, 2.24) is 5.32 Å². The maximum atomic E-state index is 11.9. The van der Waals surface area contributed by atoms with Crippen LogP contribution in [0.4, 0.5) is 10.5 Å². The van der Waals surface area contributed by atoms with Crippen molar-refractivity contribution in [2.24, 2.45) is 0 Å². The van der Waals surface area contributed by atoms with Gasteiger partial charge < -0.3 is 40.5 Å². The minimum absolute atomic E-state index is 0.258. The van der Waals surface area contributed by atoms with Gasteiger partial charge in [0.2, 0.25) is 6.29 Å². The summed E-state index contributed by atoms with van der Waals surface area (Å²) in [6.07, 6.45) is 2.00. The Kier molecular flexibility index (Phi) is 9.30. The number of carboxylic acids is 1. The highest BCUT2D eigenvalue weighted by Crippen LogP contribution is 2.25. The van der Waals surface area contributed by atoms with Gasteiger partial charge in [0, 0.05) is 24.7 Å². The van der Waals surface area contributed by atoms with Gasteiger partial charge in [0.05, 0.1) is 0 Å². The van der Waals surface area contributed by atoms with E-state index in [-0.39, 0.29) is 11.8 Å². The van der Waals surface area contributed by atoms with Gasteiger partial charge in [-0.1, -0.05) is 0 Å². The minimum Gasteiger partial charge on any atom is -0.478 e. The number of aliphatic carboxylic acids is 1. The van der Waals surface area contributed by atoms with E-state index in [2.05, 4.69) is 16.6 Å². The molecule has 0 unspecified atom stereocenters. The molecule has 0 aromatic heterocycles. The number of terminal acetylenes is 1. The molecule has 0 aliphatic carbocycles. The third-order valence-corrected chi connectivity index (χ3v) is 4.43. The summed E-state index contributed by atoms with van der Waals surface area (Å²) in [7, 11) is 0. The molecule has 1 fully saturated rings. The van der Waals surface area contributed by atoms with Crippen molar-refractivity contribution in [3.05, 3.63) is 36.4 Å². The Bertz CT molecular complexity index is 805. The van der Waals surface area contributed by atoms with Gasteiger partial charge in [0.15, 0.2) is 0 Å². The van der Waals surface area contributed by atoms with Gasteiger partial charge in [-0.2, -0.15) is 0 Å². The van der Waals surface area contributed by atoms with E-state index < -0.39 is 36.7 Å². The lowest BCUT2D eigenvalue weighted by Gasteiger charge is -2.39. The molecule has 2 amide bonds. The van der Waals surface area contributed by atoms with Gasteiger partial charge >= 0.3 is 12.0 Å². The average molecular weight is 434 g/mol. The van der Waals surface area contributed by atoms with E-state index in [9.17, 15) is 24.9 Å². The fourth-order valence-corrected chi connectivity index (χ4v) is 2.79. The number of anilines is 1. The summed E-state index contributed by atoms with van der Waals surface area (Å²) < 4.78 is 10.9. The average Bonchev–Trinajstić information content (AvgIpc) is 2.74. The van der Waals surface area contributed by atoms with E-state index in [4.69, 9.17) is 21.0 Å². The summed E-state index contributed by atoms with van der Waals surface area (Å²) in [4.78, 5) is 22.5. The number of aliphatic hydroxyl groups is 3. The highest BCUT2D eigenvalue weighted by molar-refractivity contribution is 5.89. The molecule has 6 N–H and O–H groups in total. The lowest BCUT2D eigenvalue weighted by atomic mass is 9.98. The second kappa shape index (κ2) is 11.9. The number of carbonyl (C=O) groups excluding carboxylic acids is 1. The fourth-order valence-electron chi connectivity index (χ4n) is 2.79. The van der Waals surface area contributed by atoms with Crippen molar-refractivity contribution in [2.45, 2.75) is 50.0 Å². The van der Waals surface area contributed by atoms with E-state index in [0.717, 1.165) is 25.0 Å². The summed E-state index contributed by atoms with van der Waals surface area (Å²) in [6.45, 7) is 0.497. The highest BCUT2D eigenvalue weighted by Gasteiger charge is 2.44. The summed E-state index contributed by atoms with van der Waals surface area (Å²) in [5, 5.41) is 44.1. The van der Waals surface area contributed by atoms with Gasteiger partial charge in [-0.3, -0.25) is 0 Å². The predicted octanol–water partition coefficient (Wildman–Crippen LogP) is 0.439. The third kappa shape index (κ3) is 7.58. The Morgan fingerprint density at radius 1 is 1.13 bits per heavy atom. The zero-order valence-electron chi connectivity index (χ0n) is 16.7. The normalized spacial score (nSPS) is 25.5. The maximum Gasteiger partial charge on any atom is 0.328 e. The maximum absolute atomic E-state index is 11.9. The molecule has 5 atom stereocenters. The van der Waals surface area contributed by atoms with Crippen LogP contribution in [0.2, 0.25) is 0 Å². The van der Waals surface area contributed by atoms with Crippen molar-refractivity contribution in [3.8, 4) is 18.1 Å². The molecule has 10 heteroatoms.